The summed E-state index contributed by atoms with van der Waals surface area (Å²) in [6, 6.07) is 17.3. The van der Waals surface area contributed by atoms with Gasteiger partial charge in [-0.1, -0.05) is 48.5 Å². The molecule has 0 saturated carbocycles. The number of nitrogens with zero attached hydrogens (tertiary/aromatic N) is 3. The lowest BCUT2D eigenvalue weighted by Gasteiger charge is -2.35. The second-order valence-corrected chi connectivity index (χ2v) is 9.71. The average Bonchev–Trinajstić information content (AvgIpc) is 3.62. The van der Waals surface area contributed by atoms with Crippen LogP contribution in [-0.2, 0) is 20.9 Å². The highest BCUT2D eigenvalue weighted by atomic mass is 16.5. The molecule has 0 spiro atoms. The number of hydrogen-bond donors (Lipinski definition) is 1. The molecule has 2 aliphatic heterocycles. The van der Waals surface area contributed by atoms with Crippen molar-refractivity contribution >= 4 is 17.9 Å². The molecule has 2 aromatic carbocycles. The van der Waals surface area contributed by atoms with E-state index in [1.165, 1.54) is 4.90 Å². The molecule has 1 unspecified atom stereocenters. The van der Waals surface area contributed by atoms with Crippen LogP contribution in [0.3, 0.4) is 0 Å². The molecule has 3 atom stereocenters. The number of hydrogen-bond acceptors (Lipinski definition) is 6. The third-order valence-electron chi connectivity index (χ3n) is 7.09. The van der Waals surface area contributed by atoms with Crippen LogP contribution in [0.25, 0.3) is 0 Å². The number of ether oxygens (including phenoxy) is 2. The van der Waals surface area contributed by atoms with Crippen LogP contribution in [-0.4, -0.2) is 88.7 Å². The second-order valence-electron chi connectivity index (χ2n) is 9.71. The number of esters is 1. The Balaban J connectivity index is 1.44. The first kappa shape index (κ1) is 27.4. The van der Waals surface area contributed by atoms with Crippen molar-refractivity contribution in [3.8, 4) is 5.75 Å². The molecule has 0 radical (unpaired) electrons. The lowest BCUT2D eigenvalue weighted by Crippen LogP contribution is -2.55. The summed E-state index contributed by atoms with van der Waals surface area (Å²) in [6.45, 7) is 3.03. The quantitative estimate of drug-likeness (QED) is 0.481. The van der Waals surface area contributed by atoms with Gasteiger partial charge in [0, 0.05) is 19.6 Å². The number of carbonyl (C=O) groups is 3. The molecular formula is C29H37N3O6. The predicted octanol–water partition coefficient (Wildman–Crippen LogP) is 3.07. The summed E-state index contributed by atoms with van der Waals surface area (Å²) in [5.74, 6) is 0.0167. The Morgan fingerprint density at radius 2 is 1.63 bits per heavy atom. The number of benzene rings is 2. The molecule has 2 aromatic rings. The van der Waals surface area contributed by atoms with Crippen molar-refractivity contribution in [1.82, 2.24) is 14.7 Å². The van der Waals surface area contributed by atoms with Gasteiger partial charge in [-0.15, -0.1) is 0 Å². The highest BCUT2D eigenvalue weighted by Crippen LogP contribution is 2.28. The Morgan fingerprint density at radius 3 is 2.34 bits per heavy atom. The van der Waals surface area contributed by atoms with Crippen molar-refractivity contribution < 1.29 is 29.0 Å². The Bertz CT molecular complexity index is 1070. The molecule has 4 rings (SSSR count). The van der Waals surface area contributed by atoms with E-state index in [0.717, 1.165) is 12.0 Å². The van der Waals surface area contributed by atoms with Gasteiger partial charge in [-0.2, -0.15) is 0 Å². The summed E-state index contributed by atoms with van der Waals surface area (Å²) in [4.78, 5) is 44.5. The van der Waals surface area contributed by atoms with Crippen molar-refractivity contribution in [1.29, 1.82) is 0 Å². The molecule has 2 aliphatic rings. The lowest BCUT2D eigenvalue weighted by molar-refractivity contribution is -0.144. The number of carbonyl (C=O) groups excluding carboxylic acids is 3. The molecule has 0 aromatic heterocycles. The van der Waals surface area contributed by atoms with Crippen LogP contribution in [0, 0.1) is 0 Å². The molecule has 9 heteroatoms. The van der Waals surface area contributed by atoms with Crippen molar-refractivity contribution in [3.63, 3.8) is 0 Å². The van der Waals surface area contributed by atoms with Crippen molar-refractivity contribution in [2.75, 3.05) is 32.8 Å². The molecule has 38 heavy (non-hydrogen) atoms. The van der Waals surface area contributed by atoms with E-state index in [2.05, 4.69) is 0 Å². The van der Waals surface area contributed by atoms with Gasteiger partial charge in [-0.25, -0.2) is 4.79 Å². The van der Waals surface area contributed by atoms with E-state index in [9.17, 15) is 19.5 Å². The van der Waals surface area contributed by atoms with Gasteiger partial charge in [-0.05, 0) is 50.3 Å². The van der Waals surface area contributed by atoms with Crippen LogP contribution in [0.15, 0.2) is 60.7 Å². The van der Waals surface area contributed by atoms with E-state index in [0.29, 0.717) is 38.1 Å². The van der Waals surface area contributed by atoms with E-state index >= 15 is 0 Å². The van der Waals surface area contributed by atoms with Crippen LogP contribution < -0.4 is 4.74 Å². The summed E-state index contributed by atoms with van der Waals surface area (Å²) >= 11 is 0. The fourth-order valence-corrected chi connectivity index (χ4v) is 5.26. The van der Waals surface area contributed by atoms with Crippen LogP contribution in [0.5, 0.6) is 5.75 Å². The van der Waals surface area contributed by atoms with Crippen LogP contribution >= 0.6 is 0 Å². The maximum atomic E-state index is 13.7. The normalized spacial score (nSPS) is 19.7. The van der Waals surface area contributed by atoms with Crippen molar-refractivity contribution in [3.05, 3.63) is 66.2 Å². The Morgan fingerprint density at radius 1 is 0.974 bits per heavy atom. The minimum atomic E-state index is -0.842. The number of aliphatic hydroxyl groups excluding tert-OH is 1. The summed E-state index contributed by atoms with van der Waals surface area (Å²) < 4.78 is 10.8. The molecule has 0 aliphatic carbocycles. The summed E-state index contributed by atoms with van der Waals surface area (Å²) in [5, 5.41) is 10.9. The highest BCUT2D eigenvalue weighted by Gasteiger charge is 2.43. The Labute approximate surface area is 223 Å². The van der Waals surface area contributed by atoms with Gasteiger partial charge in [0.2, 0.25) is 5.91 Å². The molecule has 2 heterocycles. The second kappa shape index (κ2) is 13.3. The third-order valence-corrected chi connectivity index (χ3v) is 7.09. The lowest BCUT2D eigenvalue weighted by atomic mass is 10.1. The van der Waals surface area contributed by atoms with Gasteiger partial charge >= 0.3 is 12.0 Å². The zero-order valence-corrected chi connectivity index (χ0v) is 21.9. The fraction of sp³-hybridized carbons (Fsp3) is 0.483. The first-order valence-corrected chi connectivity index (χ1v) is 13.4. The van der Waals surface area contributed by atoms with Crippen LogP contribution in [0.4, 0.5) is 4.79 Å². The minimum Gasteiger partial charge on any atom is -0.491 e. The first-order valence-electron chi connectivity index (χ1n) is 13.4. The molecule has 9 nitrogen and oxygen atoms in total. The zero-order valence-electron chi connectivity index (χ0n) is 21.9. The van der Waals surface area contributed by atoms with E-state index < -0.39 is 18.1 Å². The Hall–Kier alpha value is -3.59. The summed E-state index contributed by atoms with van der Waals surface area (Å²) in [7, 11) is 0. The molecule has 204 valence electrons. The van der Waals surface area contributed by atoms with Gasteiger partial charge in [-0.3, -0.25) is 9.59 Å². The smallest absolute Gasteiger partial charge is 0.325 e. The number of rotatable bonds is 10. The number of urea groups is 1. The van der Waals surface area contributed by atoms with Crippen LogP contribution in [0.2, 0.25) is 0 Å². The van der Waals surface area contributed by atoms with E-state index in [1.807, 2.05) is 60.7 Å². The minimum absolute atomic E-state index is 0.0795. The number of amides is 3. The average molecular weight is 524 g/mol. The van der Waals surface area contributed by atoms with Gasteiger partial charge in [0.1, 0.15) is 31.0 Å². The molecule has 0 bridgehead atoms. The fourth-order valence-electron chi connectivity index (χ4n) is 5.26. The Kier molecular flexibility index (Phi) is 9.59. The van der Waals surface area contributed by atoms with Crippen molar-refractivity contribution in [2.24, 2.45) is 0 Å². The monoisotopic (exact) mass is 523 g/mol. The topological polar surface area (TPSA) is 99.6 Å². The van der Waals surface area contributed by atoms with E-state index in [1.54, 1.807) is 16.7 Å². The molecular weight excluding hydrogens is 486 g/mol. The molecule has 2 fully saturated rings. The summed E-state index contributed by atoms with van der Waals surface area (Å²) in [5.41, 5.74) is 0.883. The maximum Gasteiger partial charge on any atom is 0.325 e. The largest absolute Gasteiger partial charge is 0.491 e. The molecule has 3 amide bonds. The molecule has 1 N–H and O–H groups in total. The van der Waals surface area contributed by atoms with Gasteiger partial charge in [0.25, 0.3) is 0 Å². The number of likely N-dealkylation sites (tertiary alicyclic amines) is 2. The van der Waals surface area contributed by atoms with Crippen LogP contribution in [0.1, 0.15) is 38.2 Å². The number of para-hydroxylation sites is 1. The highest BCUT2D eigenvalue weighted by molar-refractivity contribution is 5.89. The third kappa shape index (κ3) is 6.83. The van der Waals surface area contributed by atoms with E-state index in [4.69, 9.17) is 9.47 Å². The van der Waals surface area contributed by atoms with Crippen molar-refractivity contribution in [2.45, 2.75) is 57.3 Å². The summed E-state index contributed by atoms with van der Waals surface area (Å²) in [6.07, 6.45) is 1.85. The van der Waals surface area contributed by atoms with Gasteiger partial charge in [0.05, 0.1) is 12.6 Å². The maximum absolute atomic E-state index is 13.7. The van der Waals surface area contributed by atoms with E-state index in [-0.39, 0.29) is 44.3 Å². The van der Waals surface area contributed by atoms with Gasteiger partial charge < -0.3 is 29.3 Å². The predicted molar refractivity (Wildman–Crippen MR) is 141 cm³/mol. The SMILES string of the molecule is CCOC(=O)CN(Cc1ccccc1)C(=O)N1CCC[C@@H]1C(=O)N1CCC[C@H]1C(O)COc1ccccc1. The standard InChI is InChI=1S/C29H37N3O6/c1-2-37-27(34)20-30(19-22-11-5-3-6-12-22)29(36)32-18-10-16-25(32)28(35)31-17-9-15-24(31)26(33)21-38-23-13-7-4-8-14-23/h3-8,11-14,24-26,33H,2,9-10,15-21H2,1H3/t24-,25+,26?/m0/s1. The van der Waals surface area contributed by atoms with Gasteiger partial charge in [0.15, 0.2) is 0 Å². The zero-order chi connectivity index (χ0) is 26.9. The number of aliphatic hydroxyl groups is 1. The molecule has 2 saturated heterocycles. The first-order chi connectivity index (χ1) is 18.5.